The predicted octanol–water partition coefficient (Wildman–Crippen LogP) is 2.50. The van der Waals surface area contributed by atoms with Crippen LogP contribution >= 0.6 is 0 Å². The standard InChI is InChI=1S/C19H24N2O3/c1-21(2)16-9-7-15(8-10-16)11-12-20-19(22)14-24-18-6-4-5-17(13-18)23-3/h4-10,13H,11-12,14H2,1-3H3,(H,20,22). The lowest BCUT2D eigenvalue weighted by Crippen LogP contribution is -2.30. The molecule has 0 saturated carbocycles. The van der Waals surface area contributed by atoms with Gasteiger partial charge in [-0.2, -0.15) is 0 Å². The highest BCUT2D eigenvalue weighted by atomic mass is 16.5. The Morgan fingerprint density at radius 3 is 2.46 bits per heavy atom. The van der Waals surface area contributed by atoms with Crippen molar-refractivity contribution >= 4 is 11.6 Å². The molecule has 1 amide bonds. The average molecular weight is 328 g/mol. The van der Waals surface area contributed by atoms with Crippen LogP contribution < -0.4 is 19.7 Å². The van der Waals surface area contributed by atoms with Gasteiger partial charge in [0.25, 0.3) is 5.91 Å². The van der Waals surface area contributed by atoms with E-state index in [-0.39, 0.29) is 12.5 Å². The van der Waals surface area contributed by atoms with Gasteiger partial charge in [-0.1, -0.05) is 18.2 Å². The van der Waals surface area contributed by atoms with Crippen molar-refractivity contribution in [3.63, 3.8) is 0 Å². The molecule has 1 N–H and O–H groups in total. The molecule has 2 rings (SSSR count). The van der Waals surface area contributed by atoms with Crippen molar-refractivity contribution in [2.45, 2.75) is 6.42 Å². The smallest absolute Gasteiger partial charge is 0.257 e. The summed E-state index contributed by atoms with van der Waals surface area (Å²) >= 11 is 0. The second-order valence-corrected chi connectivity index (χ2v) is 5.63. The highest BCUT2D eigenvalue weighted by Gasteiger charge is 2.04. The maximum Gasteiger partial charge on any atom is 0.257 e. The Balaban J connectivity index is 1.71. The van der Waals surface area contributed by atoms with Crippen molar-refractivity contribution < 1.29 is 14.3 Å². The number of benzene rings is 2. The van der Waals surface area contributed by atoms with Crippen LogP contribution in [0.25, 0.3) is 0 Å². The zero-order chi connectivity index (χ0) is 17.4. The van der Waals surface area contributed by atoms with Crippen LogP contribution in [0.4, 0.5) is 5.69 Å². The van der Waals surface area contributed by atoms with Gasteiger partial charge in [-0.3, -0.25) is 4.79 Å². The first kappa shape index (κ1) is 17.7. The van der Waals surface area contributed by atoms with E-state index >= 15 is 0 Å². The second-order valence-electron chi connectivity index (χ2n) is 5.63. The predicted molar refractivity (Wildman–Crippen MR) is 96.0 cm³/mol. The van der Waals surface area contributed by atoms with Gasteiger partial charge in [-0.05, 0) is 36.2 Å². The molecule has 0 atom stereocenters. The molecule has 0 bridgehead atoms. The Bertz CT molecular complexity index is 654. The van der Waals surface area contributed by atoms with Crippen LogP contribution in [0.1, 0.15) is 5.56 Å². The summed E-state index contributed by atoms with van der Waals surface area (Å²) in [5.41, 5.74) is 2.35. The Kier molecular flexibility index (Phi) is 6.49. The summed E-state index contributed by atoms with van der Waals surface area (Å²) in [6.07, 6.45) is 0.790. The van der Waals surface area contributed by atoms with Crippen LogP contribution in [0, 0.1) is 0 Å². The Hall–Kier alpha value is -2.69. The monoisotopic (exact) mass is 328 g/mol. The fraction of sp³-hybridized carbons (Fsp3) is 0.316. The first-order valence-electron chi connectivity index (χ1n) is 7.88. The Labute approximate surface area is 143 Å². The summed E-state index contributed by atoms with van der Waals surface area (Å²) in [5, 5.41) is 2.86. The van der Waals surface area contributed by atoms with Crippen LogP contribution in [0.3, 0.4) is 0 Å². The number of nitrogens with zero attached hydrogens (tertiary/aromatic N) is 1. The molecule has 0 aliphatic carbocycles. The first-order chi connectivity index (χ1) is 11.6. The molecule has 128 valence electrons. The topological polar surface area (TPSA) is 50.8 Å². The molecule has 2 aromatic carbocycles. The number of ether oxygens (including phenoxy) is 2. The minimum atomic E-state index is -0.136. The van der Waals surface area contributed by atoms with E-state index in [1.54, 1.807) is 19.2 Å². The number of rotatable bonds is 8. The van der Waals surface area contributed by atoms with Crippen molar-refractivity contribution in [3.05, 3.63) is 54.1 Å². The number of carbonyl (C=O) groups excluding carboxylic acids is 1. The maximum atomic E-state index is 11.8. The summed E-state index contributed by atoms with van der Waals surface area (Å²) in [6.45, 7) is 0.578. The molecule has 2 aromatic rings. The Morgan fingerprint density at radius 2 is 1.79 bits per heavy atom. The van der Waals surface area contributed by atoms with E-state index in [2.05, 4.69) is 34.5 Å². The number of amides is 1. The van der Waals surface area contributed by atoms with Crippen LogP contribution in [-0.4, -0.2) is 40.3 Å². The quantitative estimate of drug-likeness (QED) is 0.809. The largest absolute Gasteiger partial charge is 0.497 e. The van der Waals surface area contributed by atoms with E-state index in [4.69, 9.17) is 9.47 Å². The molecule has 0 spiro atoms. The lowest BCUT2D eigenvalue weighted by molar-refractivity contribution is -0.123. The number of methoxy groups -OCH3 is 1. The SMILES string of the molecule is COc1cccc(OCC(=O)NCCc2ccc(N(C)C)cc2)c1. The molecule has 0 heterocycles. The van der Waals surface area contributed by atoms with Gasteiger partial charge in [0.2, 0.25) is 0 Å². The number of hydrogen-bond donors (Lipinski definition) is 1. The van der Waals surface area contributed by atoms with Gasteiger partial charge in [0.1, 0.15) is 11.5 Å². The molecule has 0 unspecified atom stereocenters. The number of anilines is 1. The molecule has 0 aliphatic rings. The second kappa shape index (κ2) is 8.82. The van der Waals surface area contributed by atoms with Gasteiger partial charge in [-0.15, -0.1) is 0 Å². The van der Waals surface area contributed by atoms with E-state index < -0.39 is 0 Å². The third kappa shape index (κ3) is 5.50. The van der Waals surface area contributed by atoms with Gasteiger partial charge < -0.3 is 19.7 Å². The zero-order valence-corrected chi connectivity index (χ0v) is 14.4. The molecule has 5 nitrogen and oxygen atoms in total. The minimum Gasteiger partial charge on any atom is -0.497 e. The zero-order valence-electron chi connectivity index (χ0n) is 14.4. The maximum absolute atomic E-state index is 11.8. The summed E-state index contributed by atoms with van der Waals surface area (Å²) in [5.74, 6) is 1.18. The normalized spacial score (nSPS) is 10.1. The lowest BCUT2D eigenvalue weighted by atomic mass is 10.1. The molecule has 24 heavy (non-hydrogen) atoms. The molecule has 0 aromatic heterocycles. The third-order valence-corrected chi connectivity index (χ3v) is 3.60. The van der Waals surface area contributed by atoms with Crippen LogP contribution in [0.5, 0.6) is 11.5 Å². The van der Waals surface area contributed by atoms with Crippen molar-refractivity contribution in [2.24, 2.45) is 0 Å². The number of hydrogen-bond acceptors (Lipinski definition) is 4. The molecule has 0 fully saturated rings. The van der Waals surface area contributed by atoms with E-state index in [9.17, 15) is 4.79 Å². The van der Waals surface area contributed by atoms with E-state index in [1.165, 1.54) is 5.56 Å². The highest BCUT2D eigenvalue weighted by Crippen LogP contribution is 2.18. The first-order valence-corrected chi connectivity index (χ1v) is 7.88. The third-order valence-electron chi connectivity index (χ3n) is 3.60. The molecule has 5 heteroatoms. The van der Waals surface area contributed by atoms with Crippen molar-refractivity contribution in [1.29, 1.82) is 0 Å². The summed E-state index contributed by atoms with van der Waals surface area (Å²) in [7, 11) is 5.62. The summed E-state index contributed by atoms with van der Waals surface area (Å²) in [6, 6.07) is 15.5. The van der Waals surface area contributed by atoms with Gasteiger partial charge in [0.15, 0.2) is 6.61 Å². The molecule has 0 radical (unpaired) electrons. The highest BCUT2D eigenvalue weighted by molar-refractivity contribution is 5.77. The fourth-order valence-corrected chi connectivity index (χ4v) is 2.20. The van der Waals surface area contributed by atoms with E-state index in [0.717, 1.165) is 12.1 Å². The van der Waals surface area contributed by atoms with E-state index in [0.29, 0.717) is 18.0 Å². The minimum absolute atomic E-state index is 0.00721. The van der Waals surface area contributed by atoms with Gasteiger partial charge in [0, 0.05) is 32.4 Å². The molecular formula is C19H24N2O3. The van der Waals surface area contributed by atoms with Crippen molar-refractivity contribution in [3.8, 4) is 11.5 Å². The lowest BCUT2D eigenvalue weighted by Gasteiger charge is -2.13. The molecule has 0 aliphatic heterocycles. The average Bonchev–Trinajstić information content (AvgIpc) is 2.60. The Morgan fingerprint density at radius 1 is 1.08 bits per heavy atom. The van der Waals surface area contributed by atoms with Gasteiger partial charge in [0.05, 0.1) is 7.11 Å². The van der Waals surface area contributed by atoms with Crippen LogP contribution in [0.2, 0.25) is 0 Å². The molecule has 0 saturated heterocycles. The summed E-state index contributed by atoms with van der Waals surface area (Å²) in [4.78, 5) is 13.9. The number of nitrogens with one attached hydrogen (secondary N) is 1. The van der Waals surface area contributed by atoms with E-state index in [1.807, 2.05) is 26.2 Å². The van der Waals surface area contributed by atoms with Gasteiger partial charge in [-0.25, -0.2) is 0 Å². The number of carbonyl (C=O) groups is 1. The van der Waals surface area contributed by atoms with Crippen LogP contribution in [0.15, 0.2) is 48.5 Å². The van der Waals surface area contributed by atoms with Crippen LogP contribution in [-0.2, 0) is 11.2 Å². The van der Waals surface area contributed by atoms with Crippen molar-refractivity contribution in [1.82, 2.24) is 5.32 Å². The molecular weight excluding hydrogens is 304 g/mol. The fourth-order valence-electron chi connectivity index (χ4n) is 2.20. The van der Waals surface area contributed by atoms with Crippen molar-refractivity contribution in [2.75, 3.05) is 39.3 Å². The summed E-state index contributed by atoms with van der Waals surface area (Å²) < 4.78 is 10.6. The van der Waals surface area contributed by atoms with Gasteiger partial charge >= 0.3 is 0 Å².